The van der Waals surface area contributed by atoms with Crippen LogP contribution in [0.3, 0.4) is 0 Å². The summed E-state index contributed by atoms with van der Waals surface area (Å²) in [4.78, 5) is 89.7. The van der Waals surface area contributed by atoms with Crippen molar-refractivity contribution in [3.63, 3.8) is 0 Å². The van der Waals surface area contributed by atoms with Gasteiger partial charge in [0, 0.05) is 77.5 Å². The van der Waals surface area contributed by atoms with Crippen molar-refractivity contribution in [1.29, 1.82) is 0 Å². The Hall–Kier alpha value is -3.69. The van der Waals surface area contributed by atoms with E-state index in [2.05, 4.69) is 21.4 Å². The second-order valence-electron chi connectivity index (χ2n) is 12.5. The minimum Gasteiger partial charge on any atom is -0.379 e. The van der Waals surface area contributed by atoms with Crippen LogP contribution < -0.4 is 21.4 Å². The molecule has 19 heteroatoms. The molecule has 1 aliphatic rings. The molecule has 0 fully saturated rings. The fourth-order valence-electron chi connectivity index (χ4n) is 4.82. The van der Waals surface area contributed by atoms with Gasteiger partial charge in [0.05, 0.1) is 85.3 Å². The van der Waals surface area contributed by atoms with Crippen LogP contribution in [-0.2, 0) is 66.8 Å². The molecule has 1 heterocycles. The maximum atomic E-state index is 13.1. The number of carbonyl (C=O) groups is 7. The van der Waals surface area contributed by atoms with E-state index in [9.17, 15) is 33.6 Å². The van der Waals surface area contributed by atoms with Crippen molar-refractivity contribution in [2.75, 3.05) is 113 Å². The predicted octanol–water partition coefficient (Wildman–Crippen LogP) is -0.452. The van der Waals surface area contributed by atoms with Gasteiger partial charge in [-0.2, -0.15) is 0 Å². The molecular weight excluding hydrogens is 738 g/mol. The molecule has 320 valence electrons. The van der Waals surface area contributed by atoms with Crippen LogP contribution in [0, 0.1) is 0 Å². The molecule has 1 aliphatic heterocycles. The Morgan fingerprint density at radius 1 is 0.571 bits per heavy atom. The lowest BCUT2D eigenvalue weighted by Crippen LogP contribution is -2.41. The van der Waals surface area contributed by atoms with Crippen LogP contribution in [0.5, 0.6) is 0 Å². The van der Waals surface area contributed by atoms with Crippen molar-refractivity contribution >= 4 is 41.1 Å². The minimum absolute atomic E-state index is 0.00222. The zero-order chi connectivity index (χ0) is 41.1. The summed E-state index contributed by atoms with van der Waals surface area (Å²) in [7, 11) is 1.64. The van der Waals surface area contributed by atoms with E-state index in [1.807, 2.05) is 0 Å². The van der Waals surface area contributed by atoms with E-state index >= 15 is 0 Å². The van der Waals surface area contributed by atoms with Gasteiger partial charge in [0.1, 0.15) is 5.78 Å². The van der Waals surface area contributed by atoms with Crippen LogP contribution in [0.2, 0.25) is 0 Å². The molecule has 0 radical (unpaired) electrons. The van der Waals surface area contributed by atoms with E-state index < -0.39 is 17.9 Å². The molecule has 1 atom stereocenters. The molecule has 0 aromatic rings. The highest BCUT2D eigenvalue weighted by Gasteiger charge is 2.23. The topological polar surface area (TPSA) is 235 Å². The van der Waals surface area contributed by atoms with E-state index in [4.69, 9.17) is 33.3 Å². The van der Waals surface area contributed by atoms with E-state index in [1.54, 1.807) is 7.05 Å². The van der Waals surface area contributed by atoms with Gasteiger partial charge in [-0.25, -0.2) is 5.48 Å². The number of unbranched alkanes of at least 4 members (excludes halogenated alkanes) is 1. The lowest BCUT2D eigenvalue weighted by Gasteiger charge is -2.18. The number of hydrogen-bond acceptors (Lipinski definition) is 15. The minimum atomic E-state index is -0.676. The zero-order valence-electron chi connectivity index (χ0n) is 33.1. The standard InChI is InChI=1S/C37H63N5O14/c1-30(43)11-18-52-23-25-55-27-26-54-24-22-50-17-5-7-32(44)31(41-35(47)13-20-53-28-29-56-38-2)6-3-4-14-39-34(46)12-19-51-21-15-40-33(45)10-16-42-36(48)8-9-37(42)49/h8-9,31,38H,3-7,10-29H2,1-2H3,(H,39,46)(H,40,45)(H,41,47). The van der Waals surface area contributed by atoms with Gasteiger partial charge in [0.15, 0.2) is 5.78 Å². The summed E-state index contributed by atoms with van der Waals surface area (Å²) < 4.78 is 32.5. The molecule has 56 heavy (non-hydrogen) atoms. The first-order valence-corrected chi connectivity index (χ1v) is 19.3. The van der Waals surface area contributed by atoms with E-state index in [0.717, 1.165) is 17.1 Å². The van der Waals surface area contributed by atoms with Gasteiger partial charge in [-0.05, 0) is 32.6 Å². The lowest BCUT2D eigenvalue weighted by atomic mass is 10.0. The normalized spacial score (nSPS) is 12.9. The Bertz CT molecular complexity index is 1170. The highest BCUT2D eigenvalue weighted by Crippen LogP contribution is 2.08. The van der Waals surface area contributed by atoms with Crippen LogP contribution in [0.25, 0.3) is 0 Å². The van der Waals surface area contributed by atoms with Crippen molar-refractivity contribution in [1.82, 2.24) is 26.3 Å². The fourth-order valence-corrected chi connectivity index (χ4v) is 4.82. The van der Waals surface area contributed by atoms with Crippen molar-refractivity contribution in [3.05, 3.63) is 12.2 Å². The average Bonchev–Trinajstić information content (AvgIpc) is 3.49. The van der Waals surface area contributed by atoms with Gasteiger partial charge >= 0.3 is 0 Å². The Morgan fingerprint density at radius 2 is 1.09 bits per heavy atom. The zero-order valence-corrected chi connectivity index (χ0v) is 33.1. The van der Waals surface area contributed by atoms with Gasteiger partial charge in [-0.3, -0.25) is 43.3 Å². The van der Waals surface area contributed by atoms with Crippen LogP contribution in [-0.4, -0.2) is 165 Å². The lowest BCUT2D eigenvalue weighted by molar-refractivity contribution is -0.137. The predicted molar refractivity (Wildman–Crippen MR) is 201 cm³/mol. The Kier molecular flexibility index (Phi) is 31.1. The first-order valence-electron chi connectivity index (χ1n) is 19.3. The van der Waals surface area contributed by atoms with Gasteiger partial charge in [0.2, 0.25) is 17.7 Å². The smallest absolute Gasteiger partial charge is 0.253 e. The summed E-state index contributed by atoms with van der Waals surface area (Å²) >= 11 is 0. The summed E-state index contributed by atoms with van der Waals surface area (Å²) in [6, 6.07) is -0.676. The Morgan fingerprint density at radius 3 is 1.71 bits per heavy atom. The maximum absolute atomic E-state index is 13.1. The number of hydroxylamine groups is 1. The summed E-state index contributed by atoms with van der Waals surface area (Å²) in [5.41, 5.74) is 2.54. The largest absolute Gasteiger partial charge is 0.379 e. The number of rotatable bonds is 39. The molecule has 0 aromatic carbocycles. The van der Waals surface area contributed by atoms with Crippen molar-refractivity contribution in [3.8, 4) is 0 Å². The van der Waals surface area contributed by atoms with Gasteiger partial charge in [-0.1, -0.05) is 0 Å². The SMILES string of the molecule is CNOCCOCCC(=O)NC(CCCCNC(=O)CCOCCNC(=O)CCN1C(=O)C=CC1=O)C(=O)CCCOCCOCCOCCOCCC(C)=O. The summed E-state index contributed by atoms with van der Waals surface area (Å²) in [6.45, 7) is 6.49. The molecule has 0 aromatic heterocycles. The molecular formula is C37H63N5O14. The molecule has 0 saturated carbocycles. The quantitative estimate of drug-likeness (QED) is 0.0350. The van der Waals surface area contributed by atoms with Gasteiger partial charge < -0.3 is 44.4 Å². The number of carbonyl (C=O) groups excluding carboxylic acids is 7. The average molecular weight is 802 g/mol. The Balaban J connectivity index is 2.21. The summed E-state index contributed by atoms with van der Waals surface area (Å²) in [5, 5.41) is 8.28. The molecule has 1 unspecified atom stereocenters. The number of ether oxygens (including phenoxy) is 6. The number of Topliss-reactive ketones (excluding diaryl/α,β-unsaturated/α-hetero) is 2. The van der Waals surface area contributed by atoms with Crippen molar-refractivity contribution < 1.29 is 66.8 Å². The second-order valence-corrected chi connectivity index (χ2v) is 12.5. The molecule has 19 nitrogen and oxygen atoms in total. The van der Waals surface area contributed by atoms with Gasteiger partial charge in [0.25, 0.3) is 11.8 Å². The van der Waals surface area contributed by atoms with E-state index in [0.29, 0.717) is 105 Å². The molecule has 0 saturated heterocycles. The molecule has 1 rings (SSSR count). The van der Waals surface area contributed by atoms with E-state index in [1.165, 1.54) is 6.92 Å². The van der Waals surface area contributed by atoms with Crippen LogP contribution in [0.15, 0.2) is 12.2 Å². The van der Waals surface area contributed by atoms with Gasteiger partial charge in [-0.15, -0.1) is 0 Å². The summed E-state index contributed by atoms with van der Waals surface area (Å²) in [6.07, 6.45) is 5.24. The monoisotopic (exact) mass is 801 g/mol. The number of hydrogen-bond donors (Lipinski definition) is 4. The highest BCUT2D eigenvalue weighted by molar-refractivity contribution is 6.13. The Labute approximate surface area is 329 Å². The van der Waals surface area contributed by atoms with Crippen LogP contribution in [0.1, 0.15) is 64.7 Å². The molecule has 4 N–H and O–H groups in total. The first-order chi connectivity index (χ1) is 27.1. The van der Waals surface area contributed by atoms with E-state index in [-0.39, 0.29) is 87.9 Å². The number of nitrogens with one attached hydrogen (secondary N) is 4. The molecule has 0 bridgehead atoms. The molecule has 5 amide bonds. The second kappa shape index (κ2) is 34.5. The molecule has 0 aliphatic carbocycles. The van der Waals surface area contributed by atoms with Crippen LogP contribution >= 0.6 is 0 Å². The number of amides is 5. The maximum Gasteiger partial charge on any atom is 0.253 e. The number of imide groups is 1. The highest BCUT2D eigenvalue weighted by atomic mass is 16.7. The molecule has 0 spiro atoms. The van der Waals surface area contributed by atoms with Crippen molar-refractivity contribution in [2.45, 2.75) is 70.8 Å². The first kappa shape index (κ1) is 50.3. The number of ketones is 2. The number of nitrogens with zero attached hydrogens (tertiary/aromatic N) is 1. The third kappa shape index (κ3) is 28.7. The van der Waals surface area contributed by atoms with Crippen molar-refractivity contribution in [2.24, 2.45) is 0 Å². The third-order valence-electron chi connectivity index (χ3n) is 7.84. The summed E-state index contributed by atoms with van der Waals surface area (Å²) in [5.74, 6) is -1.71. The fraction of sp³-hybridized carbons (Fsp3) is 0.757. The van der Waals surface area contributed by atoms with Crippen LogP contribution in [0.4, 0.5) is 0 Å². The third-order valence-corrected chi connectivity index (χ3v) is 7.84.